The minimum absolute atomic E-state index is 0.125. The number of aryl methyl sites for hydroxylation is 1. The summed E-state index contributed by atoms with van der Waals surface area (Å²) in [4.78, 5) is 12.4. The second-order valence-electron chi connectivity index (χ2n) is 6.32. The number of pyridine rings is 1. The zero-order valence-electron chi connectivity index (χ0n) is 14.3. The third kappa shape index (κ3) is 4.04. The van der Waals surface area contributed by atoms with Gasteiger partial charge in [-0.2, -0.15) is 0 Å². The molecule has 0 radical (unpaired) electrons. The van der Waals surface area contributed by atoms with E-state index in [0.29, 0.717) is 28.7 Å². The molecule has 0 spiro atoms. The highest BCUT2D eigenvalue weighted by Crippen LogP contribution is 2.19. The highest BCUT2D eigenvalue weighted by atomic mass is 19.1. The first-order chi connectivity index (χ1) is 12.4. The summed E-state index contributed by atoms with van der Waals surface area (Å²) >= 11 is 0. The molecule has 1 aliphatic carbocycles. The first-order valence-electron chi connectivity index (χ1n) is 8.28. The summed E-state index contributed by atoms with van der Waals surface area (Å²) in [6.07, 6.45) is 8.81. The highest BCUT2D eigenvalue weighted by molar-refractivity contribution is 5.31. The fraction of sp³-hybridized carbons (Fsp3) is 0.190. The number of halogens is 3. The van der Waals surface area contributed by atoms with Crippen LogP contribution in [-0.2, 0) is 13.0 Å². The Labute approximate surface area is 149 Å². The van der Waals surface area contributed by atoms with Crippen LogP contribution in [0.5, 0.6) is 0 Å². The maximum Gasteiger partial charge on any atom is 0.253 e. The molecule has 0 aliphatic heterocycles. The zero-order valence-corrected chi connectivity index (χ0v) is 14.3. The van der Waals surface area contributed by atoms with E-state index in [4.69, 9.17) is 0 Å². The van der Waals surface area contributed by atoms with Crippen molar-refractivity contribution in [1.29, 1.82) is 0 Å². The molecule has 2 nitrogen and oxygen atoms in total. The van der Waals surface area contributed by atoms with Crippen molar-refractivity contribution >= 4 is 0 Å². The van der Waals surface area contributed by atoms with Crippen LogP contribution in [0.2, 0.25) is 0 Å². The van der Waals surface area contributed by atoms with Crippen LogP contribution in [0.25, 0.3) is 0 Å². The summed E-state index contributed by atoms with van der Waals surface area (Å²) in [5.74, 6) is -1.62. The SMILES string of the molecule is Cc1cc(Cc2ccc(F)cc2F)cn(CC2=C(F)C=CC=CC2)c1=O. The average molecular weight is 357 g/mol. The Morgan fingerprint density at radius 3 is 2.69 bits per heavy atom. The second-order valence-corrected chi connectivity index (χ2v) is 6.32. The smallest absolute Gasteiger partial charge is 0.253 e. The van der Waals surface area contributed by atoms with Gasteiger partial charge in [0.1, 0.15) is 17.5 Å². The molecule has 0 atom stereocenters. The van der Waals surface area contributed by atoms with Crippen molar-refractivity contribution in [1.82, 2.24) is 4.57 Å². The van der Waals surface area contributed by atoms with E-state index in [1.165, 1.54) is 22.8 Å². The lowest BCUT2D eigenvalue weighted by Crippen LogP contribution is -2.23. The zero-order chi connectivity index (χ0) is 18.7. The van der Waals surface area contributed by atoms with Crippen molar-refractivity contribution in [3.63, 3.8) is 0 Å². The molecule has 0 amide bonds. The normalized spacial score (nSPS) is 14.0. The van der Waals surface area contributed by atoms with Gasteiger partial charge in [0.15, 0.2) is 0 Å². The van der Waals surface area contributed by atoms with Crippen LogP contribution in [0.4, 0.5) is 13.2 Å². The first kappa shape index (κ1) is 18.0. The molecule has 1 aromatic heterocycles. The number of hydrogen-bond acceptors (Lipinski definition) is 1. The average Bonchev–Trinajstić information content (AvgIpc) is 2.79. The van der Waals surface area contributed by atoms with Crippen LogP contribution < -0.4 is 5.56 Å². The van der Waals surface area contributed by atoms with Crippen molar-refractivity contribution in [2.24, 2.45) is 0 Å². The number of rotatable bonds is 4. The highest BCUT2D eigenvalue weighted by Gasteiger charge is 2.11. The van der Waals surface area contributed by atoms with Gasteiger partial charge in [-0.3, -0.25) is 4.79 Å². The molecule has 0 saturated carbocycles. The largest absolute Gasteiger partial charge is 0.311 e. The molecule has 1 aromatic carbocycles. The van der Waals surface area contributed by atoms with Crippen molar-refractivity contribution in [3.05, 3.63) is 105 Å². The first-order valence-corrected chi connectivity index (χ1v) is 8.28. The third-order valence-corrected chi connectivity index (χ3v) is 4.28. The predicted molar refractivity (Wildman–Crippen MR) is 95.6 cm³/mol. The second kappa shape index (κ2) is 7.60. The van der Waals surface area contributed by atoms with E-state index in [2.05, 4.69) is 0 Å². The number of nitrogens with zero attached hydrogens (tertiary/aromatic N) is 1. The number of hydrogen-bond donors (Lipinski definition) is 0. The maximum absolute atomic E-state index is 14.1. The summed E-state index contributed by atoms with van der Waals surface area (Å²) in [5, 5.41) is 0. The summed E-state index contributed by atoms with van der Waals surface area (Å²) in [6, 6.07) is 5.10. The molecule has 0 fully saturated rings. The monoisotopic (exact) mass is 357 g/mol. The molecule has 134 valence electrons. The molecular formula is C21H18F3NO. The van der Waals surface area contributed by atoms with E-state index in [9.17, 15) is 18.0 Å². The molecular weight excluding hydrogens is 339 g/mol. The lowest BCUT2D eigenvalue weighted by molar-refractivity contribution is 0.574. The van der Waals surface area contributed by atoms with Crippen LogP contribution in [0.3, 0.4) is 0 Å². The van der Waals surface area contributed by atoms with E-state index in [-0.39, 0.29) is 24.4 Å². The molecule has 26 heavy (non-hydrogen) atoms. The van der Waals surface area contributed by atoms with Gasteiger partial charge in [0.05, 0.1) is 6.54 Å². The minimum Gasteiger partial charge on any atom is -0.311 e. The van der Waals surface area contributed by atoms with Gasteiger partial charge in [-0.25, -0.2) is 13.2 Å². The van der Waals surface area contributed by atoms with E-state index in [0.717, 1.165) is 6.07 Å². The molecule has 1 aliphatic rings. The summed E-state index contributed by atoms with van der Waals surface area (Å²) in [6.45, 7) is 1.79. The van der Waals surface area contributed by atoms with Gasteiger partial charge < -0.3 is 4.57 Å². The van der Waals surface area contributed by atoms with Crippen LogP contribution in [-0.4, -0.2) is 4.57 Å². The quantitative estimate of drug-likeness (QED) is 0.773. The van der Waals surface area contributed by atoms with Gasteiger partial charge in [0.25, 0.3) is 5.56 Å². The Morgan fingerprint density at radius 2 is 1.92 bits per heavy atom. The lowest BCUT2D eigenvalue weighted by Gasteiger charge is -2.13. The number of allylic oxidation sites excluding steroid dienone is 6. The Bertz CT molecular complexity index is 983. The van der Waals surface area contributed by atoms with Crippen LogP contribution >= 0.6 is 0 Å². The van der Waals surface area contributed by atoms with E-state index >= 15 is 0 Å². The lowest BCUT2D eigenvalue weighted by atomic mass is 10.0. The Balaban J connectivity index is 1.93. The Morgan fingerprint density at radius 1 is 1.12 bits per heavy atom. The van der Waals surface area contributed by atoms with Gasteiger partial charge in [-0.15, -0.1) is 0 Å². The van der Waals surface area contributed by atoms with Crippen LogP contribution in [0.15, 0.2) is 71.0 Å². The summed E-state index contributed by atoms with van der Waals surface area (Å²) < 4.78 is 42.5. The molecule has 3 rings (SSSR count). The molecule has 1 heterocycles. The molecule has 0 bridgehead atoms. The van der Waals surface area contributed by atoms with Gasteiger partial charge >= 0.3 is 0 Å². The maximum atomic E-state index is 14.1. The van der Waals surface area contributed by atoms with E-state index in [1.807, 2.05) is 6.08 Å². The molecule has 5 heteroatoms. The van der Waals surface area contributed by atoms with Crippen molar-refractivity contribution in [2.75, 3.05) is 0 Å². The third-order valence-electron chi connectivity index (χ3n) is 4.28. The fourth-order valence-corrected chi connectivity index (χ4v) is 2.95. The van der Waals surface area contributed by atoms with Gasteiger partial charge in [-0.1, -0.05) is 24.3 Å². The van der Waals surface area contributed by atoms with Crippen molar-refractivity contribution in [3.8, 4) is 0 Å². The minimum atomic E-state index is -0.635. The summed E-state index contributed by atoms with van der Waals surface area (Å²) in [7, 11) is 0. The van der Waals surface area contributed by atoms with Crippen LogP contribution in [0, 0.1) is 18.6 Å². The number of aromatic nitrogens is 1. The van der Waals surface area contributed by atoms with Crippen LogP contribution in [0.1, 0.15) is 23.1 Å². The molecule has 2 aromatic rings. The Kier molecular flexibility index (Phi) is 5.26. The van der Waals surface area contributed by atoms with Gasteiger partial charge in [0.2, 0.25) is 0 Å². The molecule has 0 N–H and O–H groups in total. The predicted octanol–water partition coefficient (Wildman–Crippen LogP) is 4.77. The Hall–Kier alpha value is -2.82. The summed E-state index contributed by atoms with van der Waals surface area (Å²) in [5.41, 5.74) is 1.81. The van der Waals surface area contributed by atoms with Gasteiger partial charge in [-0.05, 0) is 48.3 Å². The molecule has 0 saturated heterocycles. The number of benzene rings is 1. The van der Waals surface area contributed by atoms with E-state index < -0.39 is 11.6 Å². The van der Waals surface area contributed by atoms with Gasteiger partial charge in [0, 0.05) is 24.2 Å². The fourth-order valence-electron chi connectivity index (χ4n) is 2.95. The standard InChI is InChI=1S/C21H18F3NO/c1-14-9-15(10-16-7-8-18(22)11-20(16)24)12-25(21(14)26)13-17-5-3-2-4-6-19(17)23/h2-4,6-9,11-12H,5,10,13H2,1H3. The topological polar surface area (TPSA) is 22.0 Å². The molecule has 0 unspecified atom stereocenters. The van der Waals surface area contributed by atoms with Crippen molar-refractivity contribution in [2.45, 2.75) is 26.3 Å². The van der Waals surface area contributed by atoms with Crippen molar-refractivity contribution < 1.29 is 13.2 Å². The van der Waals surface area contributed by atoms with E-state index in [1.54, 1.807) is 31.3 Å².